The summed E-state index contributed by atoms with van der Waals surface area (Å²) in [6.45, 7) is 0. The predicted molar refractivity (Wildman–Crippen MR) is 71.6 cm³/mol. The normalized spacial score (nSPS) is 12.7. The van der Waals surface area contributed by atoms with Crippen LogP contribution in [0.1, 0.15) is 15.9 Å². The number of nitrogens with zero attached hydrogens (tertiary/aromatic N) is 1. The molecule has 1 aliphatic rings. The number of aromatic nitrogens is 2. The average Bonchev–Trinajstić information content (AvgIpc) is 2.80. The van der Waals surface area contributed by atoms with Gasteiger partial charge >= 0.3 is 0 Å². The number of carbonyl (C=O) groups is 2. The van der Waals surface area contributed by atoms with E-state index in [0.29, 0.717) is 5.56 Å². The lowest BCUT2D eigenvalue weighted by Gasteiger charge is -2.05. The minimum atomic E-state index is -0.355. The number of carbonyl (C=O) groups excluding carboxylic acids is 2. The Morgan fingerprint density at radius 2 is 2.05 bits per heavy atom. The van der Waals surface area contributed by atoms with Crippen molar-refractivity contribution in [2.75, 3.05) is 10.6 Å². The van der Waals surface area contributed by atoms with Crippen molar-refractivity contribution in [2.45, 2.75) is 6.42 Å². The van der Waals surface area contributed by atoms with Gasteiger partial charge in [0, 0.05) is 17.3 Å². The molecule has 0 fully saturated rings. The number of hydrogen-bond donors (Lipinski definition) is 3. The number of nitrogens with one attached hydrogen (secondary N) is 3. The van der Waals surface area contributed by atoms with Gasteiger partial charge in [-0.15, -0.1) is 0 Å². The van der Waals surface area contributed by atoms with Gasteiger partial charge in [0.15, 0.2) is 5.82 Å². The third kappa shape index (κ3) is 2.28. The van der Waals surface area contributed by atoms with Crippen LogP contribution >= 0.6 is 0 Å². The molecule has 7 heteroatoms. The molecule has 100 valence electrons. The van der Waals surface area contributed by atoms with Crippen molar-refractivity contribution in [3.63, 3.8) is 0 Å². The molecule has 1 aromatic heterocycles. The first-order valence-corrected chi connectivity index (χ1v) is 5.92. The van der Waals surface area contributed by atoms with Crippen LogP contribution in [0, 0.1) is 0 Å². The number of hydrogen-bond acceptors (Lipinski definition) is 4. The van der Waals surface area contributed by atoms with Crippen molar-refractivity contribution in [3.8, 4) is 0 Å². The van der Waals surface area contributed by atoms with E-state index < -0.39 is 0 Å². The third-order valence-electron chi connectivity index (χ3n) is 2.91. The molecule has 0 bridgehead atoms. The van der Waals surface area contributed by atoms with E-state index in [2.05, 4.69) is 20.8 Å². The van der Waals surface area contributed by atoms with E-state index in [1.54, 1.807) is 18.2 Å². The fourth-order valence-electron chi connectivity index (χ4n) is 1.97. The van der Waals surface area contributed by atoms with Crippen LogP contribution in [0.2, 0.25) is 0 Å². The minimum Gasteiger partial charge on any atom is -0.326 e. The Kier molecular flexibility index (Phi) is 2.79. The highest BCUT2D eigenvalue weighted by Crippen LogP contribution is 2.24. The molecule has 7 nitrogen and oxygen atoms in total. The van der Waals surface area contributed by atoms with Crippen LogP contribution in [0.15, 0.2) is 35.1 Å². The molecule has 2 aromatic rings. The Labute approximate surface area is 113 Å². The van der Waals surface area contributed by atoms with Crippen molar-refractivity contribution in [2.24, 2.45) is 0 Å². The number of rotatable bonds is 2. The first kappa shape index (κ1) is 12.1. The summed E-state index contributed by atoms with van der Waals surface area (Å²) in [5.74, 6) is -0.184. The minimum absolute atomic E-state index is 0.0835. The van der Waals surface area contributed by atoms with Crippen LogP contribution < -0.4 is 16.2 Å². The van der Waals surface area contributed by atoms with E-state index in [0.717, 1.165) is 11.3 Å². The van der Waals surface area contributed by atoms with Gasteiger partial charge in [0.1, 0.15) is 0 Å². The van der Waals surface area contributed by atoms with Crippen molar-refractivity contribution >= 4 is 23.3 Å². The Morgan fingerprint density at radius 1 is 1.20 bits per heavy atom. The van der Waals surface area contributed by atoms with E-state index in [9.17, 15) is 14.4 Å². The molecule has 3 rings (SSSR count). The quantitative estimate of drug-likeness (QED) is 0.739. The zero-order valence-electron chi connectivity index (χ0n) is 10.3. The lowest BCUT2D eigenvalue weighted by molar-refractivity contribution is -0.115. The number of aromatic amines is 1. The fraction of sp³-hybridized carbons (Fsp3) is 0.0769. The molecule has 0 atom stereocenters. The topological polar surface area (TPSA) is 104 Å². The van der Waals surface area contributed by atoms with E-state index in [1.165, 1.54) is 12.1 Å². The molecule has 0 saturated carbocycles. The maximum absolute atomic E-state index is 12.0. The van der Waals surface area contributed by atoms with Gasteiger partial charge < -0.3 is 10.6 Å². The van der Waals surface area contributed by atoms with E-state index in [1.807, 2.05) is 0 Å². The molecule has 1 aromatic carbocycles. The molecule has 0 unspecified atom stereocenters. The third-order valence-corrected chi connectivity index (χ3v) is 2.91. The predicted octanol–water partition coefficient (Wildman–Crippen LogP) is 0.517. The summed E-state index contributed by atoms with van der Waals surface area (Å²) in [4.78, 5) is 34.1. The van der Waals surface area contributed by atoms with E-state index in [-0.39, 0.29) is 29.6 Å². The van der Waals surface area contributed by atoms with Gasteiger partial charge in [0.05, 0.1) is 6.42 Å². The number of amides is 2. The molecule has 1 aliphatic heterocycles. The highest BCUT2D eigenvalue weighted by molar-refractivity contribution is 6.06. The van der Waals surface area contributed by atoms with E-state index >= 15 is 0 Å². The Hall–Kier alpha value is -2.96. The number of benzene rings is 1. The first-order valence-electron chi connectivity index (χ1n) is 5.92. The Bertz CT molecular complexity index is 746. The fourth-order valence-corrected chi connectivity index (χ4v) is 1.97. The van der Waals surface area contributed by atoms with Crippen molar-refractivity contribution in [1.29, 1.82) is 0 Å². The molecule has 2 amide bonds. The molecule has 2 heterocycles. The Balaban J connectivity index is 1.81. The zero-order valence-corrected chi connectivity index (χ0v) is 10.3. The largest absolute Gasteiger partial charge is 0.326 e. The van der Waals surface area contributed by atoms with Gasteiger partial charge in [-0.3, -0.25) is 14.4 Å². The highest BCUT2D eigenvalue weighted by atomic mass is 16.2. The van der Waals surface area contributed by atoms with Crippen LogP contribution in [-0.4, -0.2) is 22.0 Å². The molecular weight excluding hydrogens is 260 g/mol. The monoisotopic (exact) mass is 270 g/mol. The number of anilines is 2. The van der Waals surface area contributed by atoms with Gasteiger partial charge in [0.2, 0.25) is 5.91 Å². The second kappa shape index (κ2) is 4.61. The van der Waals surface area contributed by atoms with Gasteiger partial charge in [-0.25, -0.2) is 5.10 Å². The standard InChI is InChI=1S/C13H10N4O3/c18-11-4-3-10(16-17-11)15-13(20)7-1-2-9-8(5-7)6-12(19)14-9/h1-5H,6H2,(H,14,19)(H,17,18)(H,15,16,20). The molecular formula is C13H10N4O3. The molecule has 3 N–H and O–H groups in total. The van der Waals surface area contributed by atoms with Gasteiger partial charge in [-0.05, 0) is 29.8 Å². The van der Waals surface area contributed by atoms with Crippen molar-refractivity contribution < 1.29 is 9.59 Å². The Morgan fingerprint density at radius 3 is 2.80 bits per heavy atom. The molecule has 20 heavy (non-hydrogen) atoms. The second-order valence-corrected chi connectivity index (χ2v) is 4.36. The lowest BCUT2D eigenvalue weighted by Crippen LogP contribution is -2.15. The summed E-state index contributed by atoms with van der Waals surface area (Å²) in [6, 6.07) is 7.65. The summed E-state index contributed by atoms with van der Waals surface area (Å²) in [6.07, 6.45) is 0.271. The zero-order chi connectivity index (χ0) is 14.1. The first-order chi connectivity index (χ1) is 9.61. The van der Waals surface area contributed by atoms with Gasteiger partial charge in [-0.2, -0.15) is 5.10 Å². The molecule has 0 aliphatic carbocycles. The summed E-state index contributed by atoms with van der Waals surface area (Å²) in [7, 11) is 0. The maximum Gasteiger partial charge on any atom is 0.264 e. The van der Waals surface area contributed by atoms with Gasteiger partial charge in [0.25, 0.3) is 11.5 Å². The summed E-state index contributed by atoms with van der Waals surface area (Å²) in [5, 5.41) is 11.2. The highest BCUT2D eigenvalue weighted by Gasteiger charge is 2.19. The summed E-state index contributed by atoms with van der Waals surface area (Å²) >= 11 is 0. The smallest absolute Gasteiger partial charge is 0.264 e. The van der Waals surface area contributed by atoms with Crippen LogP contribution in [0.4, 0.5) is 11.5 Å². The van der Waals surface area contributed by atoms with Crippen molar-refractivity contribution in [3.05, 3.63) is 51.8 Å². The molecule has 0 radical (unpaired) electrons. The molecule has 0 saturated heterocycles. The molecule has 0 spiro atoms. The van der Waals surface area contributed by atoms with E-state index in [4.69, 9.17) is 0 Å². The van der Waals surface area contributed by atoms with Crippen molar-refractivity contribution in [1.82, 2.24) is 10.2 Å². The second-order valence-electron chi connectivity index (χ2n) is 4.36. The summed E-state index contributed by atoms with van der Waals surface area (Å²) in [5.41, 5.74) is 1.60. The van der Waals surface area contributed by atoms with Crippen LogP contribution in [0.25, 0.3) is 0 Å². The van der Waals surface area contributed by atoms with Crippen LogP contribution in [-0.2, 0) is 11.2 Å². The summed E-state index contributed by atoms with van der Waals surface area (Å²) < 4.78 is 0. The van der Waals surface area contributed by atoms with Gasteiger partial charge in [-0.1, -0.05) is 0 Å². The lowest BCUT2D eigenvalue weighted by atomic mass is 10.1. The van der Waals surface area contributed by atoms with Crippen LogP contribution in [0.3, 0.4) is 0 Å². The van der Waals surface area contributed by atoms with Crippen LogP contribution in [0.5, 0.6) is 0 Å². The SMILES string of the molecule is O=C1Cc2cc(C(=O)Nc3ccc(=O)[nH]n3)ccc2N1. The maximum atomic E-state index is 12.0. The average molecular weight is 270 g/mol. The number of H-pyrrole nitrogens is 1. The number of fused-ring (bicyclic) bond motifs is 1.